The normalized spacial score (nSPS) is 17.2. The first kappa shape index (κ1) is 10.0. The van der Waals surface area contributed by atoms with E-state index in [0.29, 0.717) is 0 Å². The van der Waals surface area contributed by atoms with E-state index < -0.39 is 6.03 Å². The molecule has 1 aromatic rings. The summed E-state index contributed by atoms with van der Waals surface area (Å²) in [6.07, 6.45) is 1.81. The minimum absolute atomic E-state index is 0.623. The number of nitrogens with two attached hydrogens (primary N) is 1. The first-order valence-electron chi connectivity index (χ1n) is 4.63. The monoisotopic (exact) mass is 221 g/mol. The van der Waals surface area contributed by atoms with Crippen LogP contribution in [-0.4, -0.2) is 11.1 Å². The van der Waals surface area contributed by atoms with Gasteiger partial charge in [0.1, 0.15) is 0 Å². The molecule has 78 valence electrons. The third kappa shape index (κ3) is 2.50. The lowest BCUT2D eigenvalue weighted by Crippen LogP contribution is -2.25. The van der Waals surface area contributed by atoms with Crippen LogP contribution in [0.5, 0.6) is 0 Å². The molecule has 1 heterocycles. The van der Waals surface area contributed by atoms with Crippen LogP contribution in [0.15, 0.2) is 34.3 Å². The van der Waals surface area contributed by atoms with Crippen LogP contribution in [0.2, 0.25) is 0 Å². The van der Waals surface area contributed by atoms with Gasteiger partial charge in [-0.2, -0.15) is 5.10 Å². The molecule has 3 N–H and O–H groups in total. The third-order valence-electron chi connectivity index (χ3n) is 2.10. The number of nitrogens with zero attached hydrogens (tertiary/aromatic N) is 1. The van der Waals surface area contributed by atoms with Gasteiger partial charge in [0.25, 0.3) is 0 Å². The topological polar surface area (TPSA) is 67.5 Å². The second-order valence-corrected chi connectivity index (χ2v) is 4.31. The van der Waals surface area contributed by atoms with Crippen LogP contribution in [-0.2, 0) is 6.42 Å². The fourth-order valence-corrected chi connectivity index (χ4v) is 2.42. The Kier molecular flexibility index (Phi) is 2.91. The highest BCUT2D eigenvalue weighted by atomic mass is 32.2. The van der Waals surface area contributed by atoms with Gasteiger partial charge in [0.05, 0.1) is 5.04 Å². The zero-order chi connectivity index (χ0) is 10.7. The summed E-state index contributed by atoms with van der Waals surface area (Å²) >= 11 is 1.58. The van der Waals surface area contributed by atoms with Gasteiger partial charge in [0.15, 0.2) is 0 Å². The number of nitrogens with one attached hydrogen (secondary N) is 1. The van der Waals surface area contributed by atoms with E-state index in [-0.39, 0.29) is 0 Å². The first-order valence-corrected chi connectivity index (χ1v) is 5.45. The first-order chi connectivity index (χ1) is 7.25. The predicted molar refractivity (Wildman–Crippen MR) is 60.8 cm³/mol. The van der Waals surface area contributed by atoms with Gasteiger partial charge in [-0.3, -0.25) is 0 Å². The number of rotatable bonds is 1. The Bertz CT molecular complexity index is 417. The number of thioether (sulfide) groups is 1. The van der Waals surface area contributed by atoms with Crippen LogP contribution >= 0.6 is 11.8 Å². The fourth-order valence-electron chi connectivity index (χ4n) is 1.43. The van der Waals surface area contributed by atoms with Gasteiger partial charge in [0, 0.05) is 11.3 Å². The van der Waals surface area contributed by atoms with Gasteiger partial charge < -0.3 is 5.73 Å². The lowest BCUT2D eigenvalue weighted by atomic mass is 10.1. The Labute approximate surface area is 91.9 Å². The molecular weight excluding hydrogens is 210 g/mol. The van der Waals surface area contributed by atoms with E-state index in [1.165, 1.54) is 10.5 Å². The second-order valence-electron chi connectivity index (χ2n) is 3.19. The highest BCUT2D eigenvalue weighted by Gasteiger charge is 2.14. The smallest absolute Gasteiger partial charge is 0.332 e. The number of carbonyl (C=O) groups excluding carboxylic acids is 1. The quantitative estimate of drug-likeness (QED) is 0.709. The van der Waals surface area contributed by atoms with Crippen molar-refractivity contribution in [3.8, 4) is 0 Å². The number of hydrogen-bond acceptors (Lipinski definition) is 3. The molecule has 4 nitrogen and oxygen atoms in total. The minimum Gasteiger partial charge on any atom is -0.350 e. The predicted octanol–water partition coefficient (Wildman–Crippen LogP) is 1.71. The van der Waals surface area contributed by atoms with Crippen LogP contribution in [0.25, 0.3) is 0 Å². The van der Waals surface area contributed by atoms with Crippen LogP contribution in [0.1, 0.15) is 12.0 Å². The number of carbonyl (C=O) groups is 1. The Balaban J connectivity index is 2.12. The molecule has 5 heteroatoms. The van der Waals surface area contributed by atoms with Crippen molar-refractivity contribution in [2.75, 3.05) is 0 Å². The van der Waals surface area contributed by atoms with Gasteiger partial charge in [-0.05, 0) is 18.1 Å². The van der Waals surface area contributed by atoms with E-state index in [0.717, 1.165) is 17.9 Å². The van der Waals surface area contributed by atoms with Crippen molar-refractivity contribution in [2.45, 2.75) is 17.7 Å². The van der Waals surface area contributed by atoms with Crippen molar-refractivity contribution < 1.29 is 4.79 Å². The minimum atomic E-state index is -0.623. The molecule has 0 fully saturated rings. The average molecular weight is 221 g/mol. The summed E-state index contributed by atoms with van der Waals surface area (Å²) in [5.41, 5.74) is 8.52. The maximum Gasteiger partial charge on any atom is 0.332 e. The number of hydrazone groups is 1. The average Bonchev–Trinajstić information content (AvgIpc) is 2.26. The molecule has 0 aromatic heterocycles. The molecule has 0 unspecified atom stereocenters. The second kappa shape index (κ2) is 4.35. The molecule has 0 aliphatic carbocycles. The Morgan fingerprint density at radius 1 is 1.40 bits per heavy atom. The molecule has 2 rings (SSSR count). The van der Waals surface area contributed by atoms with Crippen LogP contribution in [0.3, 0.4) is 0 Å². The Hall–Kier alpha value is -1.49. The van der Waals surface area contributed by atoms with Gasteiger partial charge in [-0.25, -0.2) is 10.2 Å². The van der Waals surface area contributed by atoms with Crippen molar-refractivity contribution in [3.05, 3.63) is 29.8 Å². The molecule has 0 saturated carbocycles. The summed E-state index contributed by atoms with van der Waals surface area (Å²) in [6, 6.07) is 7.57. The molecule has 0 atom stereocenters. The van der Waals surface area contributed by atoms with Gasteiger partial charge in [-0.15, -0.1) is 0 Å². The van der Waals surface area contributed by atoms with Crippen LogP contribution in [0.4, 0.5) is 4.79 Å². The summed E-state index contributed by atoms with van der Waals surface area (Å²) in [7, 11) is 0. The van der Waals surface area contributed by atoms with Crippen molar-refractivity contribution in [2.24, 2.45) is 10.8 Å². The summed E-state index contributed by atoms with van der Waals surface area (Å²) in [4.78, 5) is 11.7. The fraction of sp³-hybridized carbons (Fsp3) is 0.200. The lowest BCUT2D eigenvalue weighted by molar-refractivity contribution is 0.249. The summed E-state index contributed by atoms with van der Waals surface area (Å²) in [6.45, 7) is 0. The highest BCUT2D eigenvalue weighted by Crippen LogP contribution is 2.31. The van der Waals surface area contributed by atoms with E-state index in [1.807, 2.05) is 12.1 Å². The molecule has 2 amide bonds. The number of fused-ring (bicyclic) bond motifs is 1. The molecule has 1 aliphatic rings. The van der Waals surface area contributed by atoms with E-state index in [2.05, 4.69) is 22.7 Å². The molecular formula is C10H11N3OS. The molecule has 0 saturated heterocycles. The summed E-state index contributed by atoms with van der Waals surface area (Å²) in [5.74, 6) is 0. The van der Waals surface area contributed by atoms with Crippen molar-refractivity contribution in [3.63, 3.8) is 0 Å². The van der Waals surface area contributed by atoms with Gasteiger partial charge >= 0.3 is 6.03 Å². The van der Waals surface area contributed by atoms with Crippen molar-refractivity contribution in [1.29, 1.82) is 0 Å². The number of amides is 2. The van der Waals surface area contributed by atoms with E-state index in [4.69, 9.17) is 5.73 Å². The van der Waals surface area contributed by atoms with Crippen LogP contribution in [0, 0.1) is 0 Å². The Morgan fingerprint density at radius 3 is 3.00 bits per heavy atom. The molecule has 0 bridgehead atoms. The zero-order valence-electron chi connectivity index (χ0n) is 8.06. The standard InChI is InChI=1S/C10H11N3OS/c11-10(14)13-12-9-6-5-7-3-1-2-4-8(7)15-9/h1-4H,5-6H2,(H3,11,13,14). The maximum atomic E-state index is 10.5. The molecule has 0 spiro atoms. The van der Waals surface area contributed by atoms with E-state index >= 15 is 0 Å². The number of benzene rings is 1. The van der Waals surface area contributed by atoms with Crippen molar-refractivity contribution in [1.82, 2.24) is 5.43 Å². The van der Waals surface area contributed by atoms with E-state index in [1.54, 1.807) is 11.8 Å². The van der Waals surface area contributed by atoms with Crippen LogP contribution < -0.4 is 11.2 Å². The molecule has 15 heavy (non-hydrogen) atoms. The third-order valence-corrected chi connectivity index (χ3v) is 3.25. The molecule has 1 aromatic carbocycles. The Morgan fingerprint density at radius 2 is 2.20 bits per heavy atom. The van der Waals surface area contributed by atoms with Gasteiger partial charge in [0.2, 0.25) is 0 Å². The lowest BCUT2D eigenvalue weighted by Gasteiger charge is -2.15. The molecule has 1 aliphatic heterocycles. The molecule has 0 radical (unpaired) electrons. The van der Waals surface area contributed by atoms with Crippen molar-refractivity contribution >= 4 is 22.8 Å². The maximum absolute atomic E-state index is 10.5. The largest absolute Gasteiger partial charge is 0.350 e. The SMILES string of the molecule is NC(=O)NN=C1CCc2ccccc2S1. The van der Waals surface area contributed by atoms with Gasteiger partial charge in [-0.1, -0.05) is 30.0 Å². The summed E-state index contributed by atoms with van der Waals surface area (Å²) < 4.78 is 0. The number of aryl methyl sites for hydroxylation is 1. The number of primary amides is 1. The number of urea groups is 1. The zero-order valence-corrected chi connectivity index (χ0v) is 8.88. The summed E-state index contributed by atoms with van der Waals surface area (Å²) in [5, 5.41) is 4.83. The highest BCUT2D eigenvalue weighted by molar-refractivity contribution is 8.14. The number of hydrogen-bond donors (Lipinski definition) is 2. The van der Waals surface area contributed by atoms with E-state index in [9.17, 15) is 4.79 Å².